The first kappa shape index (κ1) is 18.6. The summed E-state index contributed by atoms with van der Waals surface area (Å²) in [4.78, 5) is 38.5. The zero-order valence-corrected chi connectivity index (χ0v) is 15.0. The number of ether oxygens (including phenoxy) is 1. The minimum absolute atomic E-state index is 0.0949. The molecule has 1 aliphatic carbocycles. The van der Waals surface area contributed by atoms with Gasteiger partial charge in [0.15, 0.2) is 0 Å². The van der Waals surface area contributed by atoms with Gasteiger partial charge < -0.3 is 4.74 Å². The average molecular weight is 358 g/mol. The van der Waals surface area contributed by atoms with Gasteiger partial charge in [0.05, 0.1) is 12.1 Å². The Morgan fingerprint density at radius 2 is 1.69 bits per heavy atom. The summed E-state index contributed by atoms with van der Waals surface area (Å²) in [6.45, 7) is -0.0784. The molecule has 1 aromatic rings. The Labute approximate surface area is 153 Å². The van der Waals surface area contributed by atoms with Crippen LogP contribution >= 0.6 is 0 Å². The molecule has 3 rings (SSSR count). The Bertz CT molecular complexity index is 651. The standard InChI is InChI=1S/C20H26N2O4/c23-17-13-21-20(11-7-2-1-3-8-12-20)19(25)22(17)14-18(24)26-15-16-9-5-4-6-10-16/h4-6,9-10,21H,1-3,7-8,11-15H2. The lowest BCUT2D eigenvalue weighted by Gasteiger charge is -2.42. The van der Waals surface area contributed by atoms with Crippen molar-refractivity contribution in [2.45, 2.75) is 57.1 Å². The second kappa shape index (κ2) is 8.45. The molecule has 1 saturated carbocycles. The van der Waals surface area contributed by atoms with E-state index in [0.29, 0.717) is 12.8 Å². The quantitative estimate of drug-likeness (QED) is 0.659. The van der Waals surface area contributed by atoms with E-state index in [4.69, 9.17) is 4.74 Å². The Kier molecular flexibility index (Phi) is 6.04. The van der Waals surface area contributed by atoms with E-state index in [1.165, 1.54) is 6.42 Å². The van der Waals surface area contributed by atoms with E-state index >= 15 is 0 Å². The van der Waals surface area contributed by atoms with Crippen LogP contribution in [0.5, 0.6) is 0 Å². The Balaban J connectivity index is 1.62. The third-order valence-electron chi connectivity index (χ3n) is 5.27. The molecule has 0 radical (unpaired) electrons. The average Bonchev–Trinajstić information content (AvgIpc) is 2.63. The highest BCUT2D eigenvalue weighted by Crippen LogP contribution is 2.30. The topological polar surface area (TPSA) is 75.7 Å². The fourth-order valence-electron chi connectivity index (χ4n) is 3.76. The molecule has 2 fully saturated rings. The van der Waals surface area contributed by atoms with Gasteiger partial charge in [-0.25, -0.2) is 0 Å². The summed E-state index contributed by atoms with van der Waals surface area (Å²) in [6, 6.07) is 9.34. The summed E-state index contributed by atoms with van der Waals surface area (Å²) in [7, 11) is 0. The van der Waals surface area contributed by atoms with Gasteiger partial charge in [-0.1, -0.05) is 62.4 Å². The van der Waals surface area contributed by atoms with Crippen molar-refractivity contribution in [1.82, 2.24) is 10.2 Å². The fraction of sp³-hybridized carbons (Fsp3) is 0.550. The highest BCUT2D eigenvalue weighted by molar-refractivity contribution is 6.05. The van der Waals surface area contributed by atoms with Crippen LogP contribution in [0.15, 0.2) is 30.3 Å². The van der Waals surface area contributed by atoms with Gasteiger partial charge in [-0.05, 0) is 18.4 Å². The van der Waals surface area contributed by atoms with Gasteiger partial charge in [-0.2, -0.15) is 0 Å². The molecule has 6 heteroatoms. The number of carbonyl (C=O) groups is 3. The van der Waals surface area contributed by atoms with Crippen molar-refractivity contribution in [3.05, 3.63) is 35.9 Å². The maximum absolute atomic E-state index is 13.0. The summed E-state index contributed by atoms with van der Waals surface area (Å²) >= 11 is 0. The van der Waals surface area contributed by atoms with Crippen LogP contribution in [0.3, 0.4) is 0 Å². The minimum Gasteiger partial charge on any atom is -0.459 e. The molecule has 6 nitrogen and oxygen atoms in total. The monoisotopic (exact) mass is 358 g/mol. The normalized spacial score (nSPS) is 20.5. The summed E-state index contributed by atoms with van der Waals surface area (Å²) in [5, 5.41) is 3.17. The number of benzene rings is 1. The van der Waals surface area contributed by atoms with E-state index in [1.807, 2.05) is 30.3 Å². The van der Waals surface area contributed by atoms with Crippen LogP contribution < -0.4 is 5.32 Å². The highest BCUT2D eigenvalue weighted by Gasteiger charge is 2.46. The molecular formula is C20H26N2O4. The number of rotatable bonds is 4. The second-order valence-corrected chi connectivity index (χ2v) is 7.13. The molecule has 1 N–H and O–H groups in total. The van der Waals surface area contributed by atoms with Crippen LogP contribution in [0.2, 0.25) is 0 Å². The summed E-state index contributed by atoms with van der Waals surface area (Å²) in [5.74, 6) is -1.19. The van der Waals surface area contributed by atoms with E-state index < -0.39 is 11.5 Å². The molecule has 26 heavy (non-hydrogen) atoms. The summed E-state index contributed by atoms with van der Waals surface area (Å²) < 4.78 is 5.24. The Morgan fingerprint density at radius 3 is 2.38 bits per heavy atom. The maximum atomic E-state index is 13.0. The number of piperazine rings is 1. The van der Waals surface area contributed by atoms with Crippen molar-refractivity contribution in [3.8, 4) is 0 Å². The van der Waals surface area contributed by atoms with Crippen molar-refractivity contribution in [2.24, 2.45) is 0 Å². The second-order valence-electron chi connectivity index (χ2n) is 7.13. The minimum atomic E-state index is -0.700. The fourth-order valence-corrected chi connectivity index (χ4v) is 3.76. The van der Waals surface area contributed by atoms with Crippen LogP contribution in [0.4, 0.5) is 0 Å². The Hall–Kier alpha value is -2.21. The van der Waals surface area contributed by atoms with Crippen molar-refractivity contribution in [3.63, 3.8) is 0 Å². The largest absolute Gasteiger partial charge is 0.459 e. The number of carbonyl (C=O) groups excluding carboxylic acids is 3. The lowest BCUT2D eigenvalue weighted by atomic mass is 9.81. The molecule has 0 aromatic heterocycles. The van der Waals surface area contributed by atoms with Gasteiger partial charge in [0, 0.05) is 0 Å². The van der Waals surface area contributed by atoms with Gasteiger partial charge in [-0.15, -0.1) is 0 Å². The maximum Gasteiger partial charge on any atom is 0.326 e. The third kappa shape index (κ3) is 4.30. The zero-order chi connectivity index (χ0) is 18.4. The predicted molar refractivity (Wildman–Crippen MR) is 96.0 cm³/mol. The van der Waals surface area contributed by atoms with Crippen molar-refractivity contribution in [1.29, 1.82) is 0 Å². The van der Waals surface area contributed by atoms with Crippen LogP contribution in [-0.4, -0.2) is 41.3 Å². The molecule has 1 saturated heterocycles. The van der Waals surface area contributed by atoms with E-state index in [-0.39, 0.29) is 31.5 Å². The predicted octanol–water partition coefficient (Wildman–Crippen LogP) is 2.17. The first-order valence-corrected chi connectivity index (χ1v) is 9.40. The molecule has 140 valence electrons. The molecule has 2 amide bonds. The molecule has 0 atom stereocenters. The van der Waals surface area contributed by atoms with Gasteiger partial charge in [-0.3, -0.25) is 24.6 Å². The molecule has 1 aromatic carbocycles. The molecule has 0 bridgehead atoms. The van der Waals surface area contributed by atoms with E-state index in [9.17, 15) is 14.4 Å². The molecule has 2 aliphatic rings. The smallest absolute Gasteiger partial charge is 0.326 e. The molecule has 1 spiro atoms. The van der Waals surface area contributed by atoms with Crippen LogP contribution in [-0.2, 0) is 25.7 Å². The molecule has 1 heterocycles. The Morgan fingerprint density at radius 1 is 1.04 bits per heavy atom. The molecule has 0 unspecified atom stereocenters. The van der Waals surface area contributed by atoms with Crippen LogP contribution in [0.25, 0.3) is 0 Å². The molecule has 1 aliphatic heterocycles. The van der Waals surface area contributed by atoms with Crippen LogP contribution in [0.1, 0.15) is 50.5 Å². The third-order valence-corrected chi connectivity index (χ3v) is 5.27. The lowest BCUT2D eigenvalue weighted by Crippen LogP contribution is -2.67. The van der Waals surface area contributed by atoms with Gasteiger partial charge in [0.1, 0.15) is 13.2 Å². The lowest BCUT2D eigenvalue weighted by molar-refractivity contribution is -0.162. The number of hydrogen-bond donors (Lipinski definition) is 1. The number of esters is 1. The van der Waals surface area contributed by atoms with E-state index in [2.05, 4.69) is 5.32 Å². The number of amides is 2. The number of nitrogens with one attached hydrogen (secondary N) is 1. The number of imide groups is 1. The van der Waals surface area contributed by atoms with Crippen molar-refractivity contribution in [2.75, 3.05) is 13.1 Å². The summed E-state index contributed by atoms with van der Waals surface area (Å²) in [5.41, 5.74) is 0.170. The SMILES string of the molecule is O=C(CN1C(=O)CNC2(CCCCCCC2)C1=O)OCc1ccccc1. The van der Waals surface area contributed by atoms with Crippen molar-refractivity contribution < 1.29 is 19.1 Å². The van der Waals surface area contributed by atoms with Gasteiger partial charge in [0.2, 0.25) is 11.8 Å². The van der Waals surface area contributed by atoms with E-state index in [0.717, 1.165) is 36.1 Å². The number of nitrogens with zero attached hydrogens (tertiary/aromatic N) is 1. The van der Waals surface area contributed by atoms with Gasteiger partial charge in [0.25, 0.3) is 0 Å². The van der Waals surface area contributed by atoms with E-state index in [1.54, 1.807) is 0 Å². The first-order valence-electron chi connectivity index (χ1n) is 9.40. The summed E-state index contributed by atoms with van der Waals surface area (Å²) in [6.07, 6.45) is 6.74. The zero-order valence-electron chi connectivity index (χ0n) is 15.0. The number of hydrogen-bond acceptors (Lipinski definition) is 5. The first-order chi connectivity index (χ1) is 12.6. The van der Waals surface area contributed by atoms with Crippen LogP contribution in [0, 0.1) is 0 Å². The van der Waals surface area contributed by atoms with Gasteiger partial charge >= 0.3 is 5.97 Å². The highest BCUT2D eigenvalue weighted by atomic mass is 16.5. The molecular weight excluding hydrogens is 332 g/mol. The van der Waals surface area contributed by atoms with Crippen molar-refractivity contribution >= 4 is 17.8 Å².